The number of hydrogen-bond acceptors (Lipinski definition) is 3. The predicted octanol–water partition coefficient (Wildman–Crippen LogP) is 2.12. The van der Waals surface area contributed by atoms with Gasteiger partial charge in [-0.1, -0.05) is 6.07 Å². The molecule has 0 aromatic heterocycles. The van der Waals surface area contributed by atoms with Crippen molar-refractivity contribution in [3.8, 4) is 23.8 Å². The molecule has 1 fully saturated rings. The second kappa shape index (κ2) is 7.03. The van der Waals surface area contributed by atoms with Gasteiger partial charge in [-0.3, -0.25) is 4.79 Å². The van der Waals surface area contributed by atoms with E-state index in [-0.39, 0.29) is 11.8 Å². The fourth-order valence-corrected chi connectivity index (χ4v) is 2.51. The van der Waals surface area contributed by atoms with Crippen LogP contribution in [0.4, 0.5) is 0 Å². The lowest BCUT2D eigenvalue weighted by Crippen LogP contribution is -2.27. The normalized spacial score (nSPS) is 17.7. The number of likely N-dealkylation sites (tertiary alicyclic amines) is 1. The van der Waals surface area contributed by atoms with Crippen molar-refractivity contribution in [1.29, 1.82) is 0 Å². The number of terminal acetylenes is 1. The molecular formula is C17H21NO3. The zero-order chi connectivity index (χ0) is 15.2. The molecule has 0 bridgehead atoms. The molecule has 1 saturated heterocycles. The number of amides is 1. The van der Waals surface area contributed by atoms with Crippen LogP contribution in [-0.2, 0) is 11.2 Å². The van der Waals surface area contributed by atoms with Crippen molar-refractivity contribution in [3.63, 3.8) is 0 Å². The molecule has 1 heterocycles. The Morgan fingerprint density at radius 3 is 2.86 bits per heavy atom. The van der Waals surface area contributed by atoms with Gasteiger partial charge in [0, 0.05) is 25.4 Å². The molecule has 0 saturated carbocycles. The number of methoxy groups -OCH3 is 1. The van der Waals surface area contributed by atoms with Gasteiger partial charge < -0.3 is 14.4 Å². The van der Waals surface area contributed by atoms with E-state index in [0.717, 1.165) is 23.5 Å². The smallest absolute Gasteiger partial charge is 0.223 e. The molecule has 0 spiro atoms. The van der Waals surface area contributed by atoms with Crippen molar-refractivity contribution in [3.05, 3.63) is 23.8 Å². The number of rotatable bonds is 6. The Labute approximate surface area is 126 Å². The van der Waals surface area contributed by atoms with Crippen LogP contribution in [0.25, 0.3) is 0 Å². The van der Waals surface area contributed by atoms with Gasteiger partial charge in [0.15, 0.2) is 11.5 Å². The molecule has 1 aromatic carbocycles. The van der Waals surface area contributed by atoms with Gasteiger partial charge in [-0.2, -0.15) is 0 Å². The summed E-state index contributed by atoms with van der Waals surface area (Å²) in [5.74, 6) is 4.34. The lowest BCUT2D eigenvalue weighted by atomic mass is 10.1. The van der Waals surface area contributed by atoms with E-state index in [0.29, 0.717) is 26.1 Å². The Balaban J connectivity index is 1.97. The molecule has 1 aliphatic rings. The van der Waals surface area contributed by atoms with Gasteiger partial charge >= 0.3 is 0 Å². The third kappa shape index (κ3) is 3.69. The minimum absolute atomic E-state index is 0.0624. The van der Waals surface area contributed by atoms with Crippen LogP contribution in [0.5, 0.6) is 11.5 Å². The molecule has 2 rings (SSSR count). The molecular weight excluding hydrogens is 266 g/mol. The number of ether oxygens (including phenoxy) is 2. The van der Waals surface area contributed by atoms with Gasteiger partial charge in [0.05, 0.1) is 13.7 Å². The van der Waals surface area contributed by atoms with E-state index in [2.05, 4.69) is 5.92 Å². The first-order chi connectivity index (χ1) is 10.2. The maximum absolute atomic E-state index is 11.8. The van der Waals surface area contributed by atoms with Crippen LogP contribution in [0.2, 0.25) is 0 Å². The summed E-state index contributed by atoms with van der Waals surface area (Å²) in [6.45, 7) is 3.90. The second-order valence-corrected chi connectivity index (χ2v) is 5.08. The monoisotopic (exact) mass is 287 g/mol. The zero-order valence-corrected chi connectivity index (χ0v) is 12.6. The molecule has 21 heavy (non-hydrogen) atoms. The minimum Gasteiger partial charge on any atom is -0.493 e. The SMILES string of the molecule is C#CC1CC(=O)N(CCc2ccc(OCC)c(OC)c2)C1. The zero-order valence-electron chi connectivity index (χ0n) is 12.6. The maximum Gasteiger partial charge on any atom is 0.223 e. The van der Waals surface area contributed by atoms with E-state index in [4.69, 9.17) is 15.9 Å². The number of carbonyl (C=O) groups excluding carboxylic acids is 1. The topological polar surface area (TPSA) is 38.8 Å². The highest BCUT2D eigenvalue weighted by atomic mass is 16.5. The molecule has 1 unspecified atom stereocenters. The van der Waals surface area contributed by atoms with Crippen LogP contribution in [0.15, 0.2) is 18.2 Å². The van der Waals surface area contributed by atoms with Gasteiger partial charge in [-0.25, -0.2) is 0 Å². The standard InChI is InChI=1S/C17H21NO3/c1-4-13-11-17(19)18(12-13)9-8-14-6-7-15(21-5-2)16(10-14)20-3/h1,6-7,10,13H,5,8-9,11-12H2,2-3H3. The molecule has 0 N–H and O–H groups in total. The molecule has 4 heteroatoms. The molecule has 4 nitrogen and oxygen atoms in total. The Kier molecular flexibility index (Phi) is 5.10. The van der Waals surface area contributed by atoms with Crippen molar-refractivity contribution in [2.24, 2.45) is 5.92 Å². The van der Waals surface area contributed by atoms with Crippen LogP contribution in [-0.4, -0.2) is 37.6 Å². The minimum atomic E-state index is 0.0624. The van der Waals surface area contributed by atoms with Crippen molar-refractivity contribution in [1.82, 2.24) is 4.90 Å². The third-order valence-corrected chi connectivity index (χ3v) is 3.65. The van der Waals surface area contributed by atoms with Gasteiger partial charge in [0.2, 0.25) is 5.91 Å². The largest absolute Gasteiger partial charge is 0.493 e. The molecule has 1 aliphatic heterocycles. The van der Waals surface area contributed by atoms with E-state index in [1.165, 1.54) is 0 Å². The van der Waals surface area contributed by atoms with Crippen molar-refractivity contribution < 1.29 is 14.3 Å². The van der Waals surface area contributed by atoms with Gasteiger partial charge in [0.25, 0.3) is 0 Å². The molecule has 1 amide bonds. The fourth-order valence-electron chi connectivity index (χ4n) is 2.51. The van der Waals surface area contributed by atoms with Crippen LogP contribution in [0.3, 0.4) is 0 Å². The fraction of sp³-hybridized carbons (Fsp3) is 0.471. The summed E-state index contributed by atoms with van der Waals surface area (Å²) >= 11 is 0. The molecule has 1 aromatic rings. The van der Waals surface area contributed by atoms with Crippen LogP contribution in [0.1, 0.15) is 18.9 Å². The quantitative estimate of drug-likeness (QED) is 0.752. The summed E-state index contributed by atoms with van der Waals surface area (Å²) < 4.78 is 10.8. The molecule has 0 aliphatic carbocycles. The second-order valence-electron chi connectivity index (χ2n) is 5.08. The highest BCUT2D eigenvalue weighted by Gasteiger charge is 2.27. The maximum atomic E-state index is 11.8. The first-order valence-corrected chi connectivity index (χ1v) is 7.21. The van der Waals surface area contributed by atoms with Crippen LogP contribution >= 0.6 is 0 Å². The van der Waals surface area contributed by atoms with Crippen molar-refractivity contribution >= 4 is 5.91 Å². The van der Waals surface area contributed by atoms with Crippen molar-refractivity contribution in [2.45, 2.75) is 19.8 Å². The molecule has 0 radical (unpaired) electrons. The van der Waals surface area contributed by atoms with Gasteiger partial charge in [0.1, 0.15) is 0 Å². The molecule has 112 valence electrons. The van der Waals surface area contributed by atoms with Gasteiger partial charge in [-0.15, -0.1) is 12.3 Å². The van der Waals surface area contributed by atoms with E-state index < -0.39 is 0 Å². The summed E-state index contributed by atoms with van der Waals surface area (Å²) in [7, 11) is 1.63. The Bertz CT molecular complexity index is 547. The predicted molar refractivity (Wildman–Crippen MR) is 81.4 cm³/mol. The Morgan fingerprint density at radius 1 is 1.43 bits per heavy atom. The summed E-state index contributed by atoms with van der Waals surface area (Å²) in [6, 6.07) is 5.88. The summed E-state index contributed by atoms with van der Waals surface area (Å²) in [5.41, 5.74) is 1.12. The highest BCUT2D eigenvalue weighted by molar-refractivity contribution is 5.79. The average molecular weight is 287 g/mol. The Hall–Kier alpha value is -2.15. The first kappa shape index (κ1) is 15.2. The van der Waals surface area contributed by atoms with Crippen LogP contribution < -0.4 is 9.47 Å². The summed E-state index contributed by atoms with van der Waals surface area (Å²) in [5, 5.41) is 0. The molecule has 1 atom stereocenters. The number of carbonyl (C=O) groups is 1. The Morgan fingerprint density at radius 2 is 2.24 bits per heavy atom. The number of benzene rings is 1. The van der Waals surface area contributed by atoms with E-state index >= 15 is 0 Å². The third-order valence-electron chi connectivity index (χ3n) is 3.65. The van der Waals surface area contributed by atoms with Crippen molar-refractivity contribution in [2.75, 3.05) is 26.8 Å². The summed E-state index contributed by atoms with van der Waals surface area (Å²) in [4.78, 5) is 13.7. The highest BCUT2D eigenvalue weighted by Crippen LogP contribution is 2.28. The lowest BCUT2D eigenvalue weighted by Gasteiger charge is -2.16. The first-order valence-electron chi connectivity index (χ1n) is 7.21. The van der Waals surface area contributed by atoms with E-state index in [1.807, 2.05) is 30.0 Å². The van der Waals surface area contributed by atoms with Gasteiger partial charge in [-0.05, 0) is 31.0 Å². The average Bonchev–Trinajstić information content (AvgIpc) is 2.87. The van der Waals surface area contributed by atoms with E-state index in [9.17, 15) is 4.79 Å². The summed E-state index contributed by atoms with van der Waals surface area (Å²) in [6.07, 6.45) is 6.65. The van der Waals surface area contributed by atoms with E-state index in [1.54, 1.807) is 7.11 Å². The number of hydrogen-bond donors (Lipinski definition) is 0. The van der Waals surface area contributed by atoms with Crippen LogP contribution in [0, 0.1) is 18.3 Å². The lowest BCUT2D eigenvalue weighted by molar-refractivity contribution is -0.127. The number of nitrogens with zero attached hydrogens (tertiary/aromatic N) is 1.